The van der Waals surface area contributed by atoms with Crippen LogP contribution in [0.4, 0.5) is 0 Å². The van der Waals surface area contributed by atoms with Crippen molar-refractivity contribution in [3.63, 3.8) is 0 Å². The van der Waals surface area contributed by atoms with E-state index in [1.807, 2.05) is 43.4 Å². The van der Waals surface area contributed by atoms with Gasteiger partial charge < -0.3 is 14.2 Å². The van der Waals surface area contributed by atoms with Crippen LogP contribution in [0.15, 0.2) is 15.7 Å². The van der Waals surface area contributed by atoms with Crippen LogP contribution in [0, 0.1) is 3.70 Å². The number of hydrogen-bond acceptors (Lipinski definition) is 5. The first-order valence-electron chi connectivity index (χ1n) is 6.85. The highest BCUT2D eigenvalue weighted by atomic mass is 127. The lowest BCUT2D eigenvalue weighted by atomic mass is 10.1. The predicted molar refractivity (Wildman–Crippen MR) is 82.1 cm³/mol. The fraction of sp³-hybridized carbons (Fsp3) is 0.692. The van der Waals surface area contributed by atoms with Crippen LogP contribution in [0.5, 0.6) is 0 Å². The molecule has 3 heterocycles. The van der Waals surface area contributed by atoms with E-state index in [4.69, 9.17) is 14.2 Å². The number of fused-ring (bicyclic) bond motifs is 1. The summed E-state index contributed by atoms with van der Waals surface area (Å²) < 4.78 is 19.7. The zero-order valence-electron chi connectivity index (χ0n) is 12.0. The van der Waals surface area contributed by atoms with Gasteiger partial charge in [0.25, 0.3) is 5.56 Å². The van der Waals surface area contributed by atoms with Crippen molar-refractivity contribution in [1.82, 2.24) is 9.55 Å². The van der Waals surface area contributed by atoms with Gasteiger partial charge >= 0.3 is 5.69 Å². The van der Waals surface area contributed by atoms with E-state index in [0.717, 1.165) is 6.42 Å². The smallest absolute Gasteiger partial charge is 0.331 e. The third-order valence-corrected chi connectivity index (χ3v) is 4.54. The topological polar surface area (TPSA) is 82.6 Å². The number of rotatable bonds is 2. The molecule has 1 aromatic heterocycles. The van der Waals surface area contributed by atoms with Crippen molar-refractivity contribution in [2.45, 2.75) is 57.5 Å². The second kappa shape index (κ2) is 5.18. The first-order valence-corrected chi connectivity index (χ1v) is 7.93. The third kappa shape index (κ3) is 2.58. The van der Waals surface area contributed by atoms with Gasteiger partial charge in [0.1, 0.15) is 12.2 Å². The molecular weight excluding hydrogens is 391 g/mol. The van der Waals surface area contributed by atoms with E-state index in [1.165, 1.54) is 10.6 Å². The Labute approximate surface area is 134 Å². The molecule has 2 fully saturated rings. The highest BCUT2D eigenvalue weighted by molar-refractivity contribution is 14.1. The summed E-state index contributed by atoms with van der Waals surface area (Å²) >= 11 is 1.95. The Balaban J connectivity index is 2.04. The van der Waals surface area contributed by atoms with Gasteiger partial charge in [-0.2, -0.15) is 0 Å². The standard InChI is InChI=1S/C13H17IN2O5/c1-4-6-9-10(21-13(2,3)20-9)11(19-6)16-7(14)5-8(17)15-12(16)18/h5-6,9-11H,4H2,1-3H3,(H,15,17,18)/t6-,9+,10?,11-/m1/s1. The number of H-pyrrole nitrogens is 1. The van der Waals surface area contributed by atoms with Crippen LogP contribution >= 0.6 is 22.6 Å². The first kappa shape index (κ1) is 15.2. The number of nitrogens with zero attached hydrogens (tertiary/aromatic N) is 1. The number of nitrogens with one attached hydrogen (secondary N) is 1. The minimum absolute atomic E-state index is 0.142. The van der Waals surface area contributed by atoms with Gasteiger partial charge in [-0.1, -0.05) is 6.92 Å². The average Bonchev–Trinajstić information content (AvgIpc) is 2.82. The minimum atomic E-state index is -0.706. The number of aromatic amines is 1. The van der Waals surface area contributed by atoms with Crippen molar-refractivity contribution >= 4 is 22.6 Å². The van der Waals surface area contributed by atoms with Crippen molar-refractivity contribution < 1.29 is 14.2 Å². The van der Waals surface area contributed by atoms with Crippen molar-refractivity contribution in [3.05, 3.63) is 30.6 Å². The number of halogens is 1. The van der Waals surface area contributed by atoms with E-state index in [-0.39, 0.29) is 18.3 Å². The fourth-order valence-corrected chi connectivity index (χ4v) is 3.69. The quantitative estimate of drug-likeness (QED) is 0.583. The molecule has 2 saturated heterocycles. The molecule has 0 bridgehead atoms. The third-order valence-electron chi connectivity index (χ3n) is 3.71. The van der Waals surface area contributed by atoms with Crippen LogP contribution in [0.1, 0.15) is 33.4 Å². The predicted octanol–water partition coefficient (Wildman–Crippen LogP) is 0.969. The molecule has 2 aliphatic rings. The van der Waals surface area contributed by atoms with Gasteiger partial charge in [-0.25, -0.2) is 4.79 Å². The lowest BCUT2D eigenvalue weighted by Gasteiger charge is -2.25. The molecule has 8 heteroatoms. The van der Waals surface area contributed by atoms with Crippen LogP contribution < -0.4 is 11.2 Å². The Morgan fingerprint density at radius 3 is 2.62 bits per heavy atom. The highest BCUT2D eigenvalue weighted by Crippen LogP contribution is 2.43. The van der Waals surface area contributed by atoms with Crippen LogP contribution in [0.2, 0.25) is 0 Å². The molecule has 0 spiro atoms. The Hall–Kier alpha value is -0.710. The second-order valence-electron chi connectivity index (χ2n) is 5.67. The SMILES string of the molecule is CC[C@H]1O[C@@H](n2c(I)cc(=O)[nH]c2=O)C2OC(C)(C)O[C@H]21. The monoisotopic (exact) mass is 408 g/mol. The number of ether oxygens (including phenoxy) is 3. The number of hydrogen-bond donors (Lipinski definition) is 1. The van der Waals surface area contributed by atoms with E-state index < -0.39 is 23.3 Å². The van der Waals surface area contributed by atoms with E-state index in [1.54, 1.807) is 0 Å². The molecule has 2 aliphatic heterocycles. The first-order chi connectivity index (χ1) is 9.82. The average molecular weight is 408 g/mol. The molecule has 0 aliphatic carbocycles. The van der Waals surface area contributed by atoms with Crippen LogP contribution in [0.25, 0.3) is 0 Å². The second-order valence-corrected chi connectivity index (χ2v) is 6.77. The van der Waals surface area contributed by atoms with Crippen LogP contribution in [-0.4, -0.2) is 33.7 Å². The van der Waals surface area contributed by atoms with E-state index in [9.17, 15) is 9.59 Å². The zero-order valence-corrected chi connectivity index (χ0v) is 14.1. The van der Waals surface area contributed by atoms with Gasteiger partial charge in [0.15, 0.2) is 12.0 Å². The van der Waals surface area contributed by atoms with Gasteiger partial charge in [-0.15, -0.1) is 0 Å². The van der Waals surface area contributed by atoms with E-state index in [0.29, 0.717) is 3.70 Å². The molecule has 7 nitrogen and oxygen atoms in total. The summed E-state index contributed by atoms with van der Waals surface area (Å²) in [4.78, 5) is 25.7. The molecule has 0 saturated carbocycles. The Kier molecular flexibility index (Phi) is 3.75. The van der Waals surface area contributed by atoms with Gasteiger partial charge in [-0.3, -0.25) is 14.3 Å². The van der Waals surface area contributed by atoms with E-state index in [2.05, 4.69) is 4.98 Å². The minimum Gasteiger partial charge on any atom is -0.349 e. The summed E-state index contributed by atoms with van der Waals surface area (Å²) in [5.74, 6) is -0.706. The van der Waals surface area contributed by atoms with Crippen LogP contribution in [0.3, 0.4) is 0 Å². The Morgan fingerprint density at radius 2 is 2.00 bits per heavy atom. The highest BCUT2D eigenvalue weighted by Gasteiger charge is 2.55. The summed E-state index contributed by atoms with van der Waals surface area (Å²) in [5, 5.41) is 0. The molecule has 116 valence electrons. The molecule has 1 aromatic rings. The summed E-state index contributed by atoms with van der Waals surface area (Å²) in [6, 6.07) is 1.36. The van der Waals surface area contributed by atoms with Gasteiger partial charge in [0.2, 0.25) is 0 Å². The Bertz CT molecular complexity index is 667. The lowest BCUT2D eigenvalue weighted by molar-refractivity contribution is -0.197. The Morgan fingerprint density at radius 1 is 1.33 bits per heavy atom. The molecular formula is C13H17IN2O5. The molecule has 21 heavy (non-hydrogen) atoms. The van der Waals surface area contributed by atoms with Crippen molar-refractivity contribution in [2.75, 3.05) is 0 Å². The summed E-state index contributed by atoms with van der Waals surface area (Å²) in [6.07, 6.45) is -0.577. The maximum Gasteiger partial charge on any atom is 0.331 e. The van der Waals surface area contributed by atoms with Gasteiger partial charge in [0, 0.05) is 6.07 Å². The normalized spacial score (nSPS) is 34.1. The molecule has 4 atom stereocenters. The molecule has 3 rings (SSSR count). The maximum atomic E-state index is 12.1. The summed E-state index contributed by atoms with van der Waals surface area (Å²) in [6.45, 7) is 5.69. The van der Waals surface area contributed by atoms with Crippen molar-refractivity contribution in [3.8, 4) is 0 Å². The summed E-state index contributed by atoms with van der Waals surface area (Å²) in [5.41, 5.74) is -0.924. The molecule has 0 aromatic carbocycles. The summed E-state index contributed by atoms with van der Waals surface area (Å²) in [7, 11) is 0. The molecule has 1 unspecified atom stereocenters. The van der Waals surface area contributed by atoms with E-state index >= 15 is 0 Å². The molecule has 1 N–H and O–H groups in total. The van der Waals surface area contributed by atoms with Gasteiger partial charge in [0.05, 0.1) is 9.80 Å². The zero-order chi connectivity index (χ0) is 15.4. The maximum absolute atomic E-state index is 12.1. The largest absolute Gasteiger partial charge is 0.349 e. The lowest BCUT2D eigenvalue weighted by Crippen LogP contribution is -2.39. The van der Waals surface area contributed by atoms with Crippen molar-refractivity contribution in [2.24, 2.45) is 0 Å². The fourth-order valence-electron chi connectivity index (χ4n) is 2.91. The van der Waals surface area contributed by atoms with Gasteiger partial charge in [-0.05, 0) is 42.9 Å². The number of aromatic nitrogens is 2. The van der Waals surface area contributed by atoms with Crippen LogP contribution in [-0.2, 0) is 14.2 Å². The molecule has 0 radical (unpaired) electrons. The van der Waals surface area contributed by atoms with Crippen molar-refractivity contribution in [1.29, 1.82) is 0 Å². The molecule has 0 amide bonds.